The summed E-state index contributed by atoms with van der Waals surface area (Å²) in [5.41, 5.74) is 1.02. The molecular formula is C22H20N2O8S. The molecule has 1 unspecified atom stereocenters. The minimum Gasteiger partial charge on any atom is -0.482 e. The van der Waals surface area contributed by atoms with E-state index in [1.807, 2.05) is 0 Å². The van der Waals surface area contributed by atoms with E-state index in [-0.39, 0.29) is 10.9 Å². The average Bonchev–Trinajstić information content (AvgIpc) is 3.10. The van der Waals surface area contributed by atoms with Gasteiger partial charge in [-0.05, 0) is 55.3 Å². The van der Waals surface area contributed by atoms with Crippen LogP contribution < -0.4 is 20.4 Å². The van der Waals surface area contributed by atoms with Gasteiger partial charge in [0.05, 0.1) is 4.90 Å². The van der Waals surface area contributed by atoms with Crippen molar-refractivity contribution in [2.75, 3.05) is 18.1 Å². The lowest BCUT2D eigenvalue weighted by Gasteiger charge is -2.22. The molecule has 0 spiro atoms. The first-order valence-corrected chi connectivity index (χ1v) is 11.5. The summed E-state index contributed by atoms with van der Waals surface area (Å²) in [6.07, 6.45) is 0.444. The average molecular weight is 472 g/mol. The normalized spacial score (nSPS) is 15.3. The molecule has 11 heteroatoms. The van der Waals surface area contributed by atoms with Gasteiger partial charge >= 0.3 is 11.6 Å². The van der Waals surface area contributed by atoms with Crippen LogP contribution in [0, 0.1) is 0 Å². The molecule has 0 aliphatic carbocycles. The Balaban J connectivity index is 1.35. The number of hydrogen-bond donors (Lipinski definition) is 1. The Labute approximate surface area is 188 Å². The summed E-state index contributed by atoms with van der Waals surface area (Å²) < 4.78 is 38.6. The maximum atomic E-state index is 12.7. The quantitative estimate of drug-likeness (QED) is 0.418. The van der Waals surface area contributed by atoms with Gasteiger partial charge in [-0.2, -0.15) is 0 Å². The number of fused-ring (bicyclic) bond motifs is 2. The highest BCUT2D eigenvalue weighted by atomic mass is 32.2. The minimum atomic E-state index is -3.85. The van der Waals surface area contributed by atoms with Crippen molar-refractivity contribution in [3.63, 3.8) is 0 Å². The van der Waals surface area contributed by atoms with Crippen molar-refractivity contribution in [3.8, 4) is 5.75 Å². The molecule has 4 rings (SSSR count). The molecule has 10 nitrogen and oxygen atoms in total. The Bertz CT molecular complexity index is 1410. The SMILES string of the molecule is CC1Cc2cc(S(N)(=O)=O)ccc2N1C(=O)COC(=O)COc1ccc2ccc(=O)oc2c1. The van der Waals surface area contributed by atoms with Crippen LogP contribution in [-0.4, -0.2) is 39.5 Å². The second-order valence-electron chi connectivity index (χ2n) is 7.56. The highest BCUT2D eigenvalue weighted by Gasteiger charge is 2.32. The number of sulfonamides is 1. The van der Waals surface area contributed by atoms with Crippen LogP contribution in [0.4, 0.5) is 5.69 Å². The van der Waals surface area contributed by atoms with Crippen LogP contribution in [0.5, 0.6) is 5.75 Å². The van der Waals surface area contributed by atoms with Gasteiger partial charge in [0.25, 0.3) is 5.91 Å². The molecule has 0 bridgehead atoms. The summed E-state index contributed by atoms with van der Waals surface area (Å²) in [5, 5.41) is 5.87. The fraction of sp³-hybridized carbons (Fsp3) is 0.227. The van der Waals surface area contributed by atoms with Gasteiger partial charge in [-0.25, -0.2) is 23.1 Å². The van der Waals surface area contributed by atoms with Gasteiger partial charge in [0.15, 0.2) is 13.2 Å². The van der Waals surface area contributed by atoms with E-state index in [1.165, 1.54) is 35.2 Å². The van der Waals surface area contributed by atoms with Crippen LogP contribution in [0.1, 0.15) is 12.5 Å². The molecule has 0 fully saturated rings. The topological polar surface area (TPSA) is 146 Å². The lowest BCUT2D eigenvalue weighted by Crippen LogP contribution is -2.39. The molecule has 1 aromatic heterocycles. The number of nitrogens with two attached hydrogens (primary N) is 1. The molecule has 0 saturated carbocycles. The first-order valence-electron chi connectivity index (χ1n) is 9.92. The number of anilines is 1. The second kappa shape index (κ2) is 8.68. The molecule has 2 N–H and O–H groups in total. The van der Waals surface area contributed by atoms with Crippen molar-refractivity contribution in [2.45, 2.75) is 24.3 Å². The van der Waals surface area contributed by atoms with Crippen molar-refractivity contribution in [1.29, 1.82) is 0 Å². The van der Waals surface area contributed by atoms with Crippen LogP contribution in [0.3, 0.4) is 0 Å². The predicted molar refractivity (Wildman–Crippen MR) is 117 cm³/mol. The number of primary sulfonamides is 1. The van der Waals surface area contributed by atoms with E-state index in [9.17, 15) is 22.8 Å². The molecule has 1 amide bonds. The van der Waals surface area contributed by atoms with Crippen LogP contribution in [0.15, 0.2) is 62.6 Å². The fourth-order valence-corrected chi connectivity index (χ4v) is 4.26. The molecule has 2 aromatic carbocycles. The summed E-state index contributed by atoms with van der Waals surface area (Å²) in [6.45, 7) is 0.854. The van der Waals surface area contributed by atoms with Crippen molar-refractivity contribution in [3.05, 3.63) is 64.5 Å². The summed E-state index contributed by atoms with van der Waals surface area (Å²) in [5.74, 6) is -0.909. The number of amides is 1. The van der Waals surface area contributed by atoms with E-state index < -0.39 is 40.7 Å². The number of carbonyl (C=O) groups is 2. The molecule has 0 saturated heterocycles. The van der Waals surface area contributed by atoms with Gasteiger partial charge in [-0.3, -0.25) is 4.79 Å². The van der Waals surface area contributed by atoms with E-state index in [0.29, 0.717) is 34.4 Å². The van der Waals surface area contributed by atoms with Gasteiger partial charge in [-0.1, -0.05) is 0 Å². The van der Waals surface area contributed by atoms with Crippen molar-refractivity contribution in [2.24, 2.45) is 5.14 Å². The van der Waals surface area contributed by atoms with Crippen molar-refractivity contribution >= 4 is 38.6 Å². The molecule has 2 heterocycles. The monoisotopic (exact) mass is 472 g/mol. The molecule has 1 atom stereocenters. The third kappa shape index (κ3) is 4.89. The summed E-state index contributed by atoms with van der Waals surface area (Å²) in [7, 11) is -3.85. The standard InChI is InChI=1S/C22H20N2O8S/c1-13-8-15-9-17(33(23,28)29)5-6-18(15)24(13)20(25)11-31-22(27)12-30-16-4-2-14-3-7-21(26)32-19(14)10-16/h2-7,9-10,13H,8,11-12H2,1H3,(H2,23,28,29). The highest BCUT2D eigenvalue weighted by Crippen LogP contribution is 2.33. The minimum absolute atomic E-state index is 0.0284. The first-order chi connectivity index (χ1) is 15.6. The number of carbonyl (C=O) groups excluding carboxylic acids is 2. The second-order valence-corrected chi connectivity index (χ2v) is 9.12. The summed E-state index contributed by atoms with van der Waals surface area (Å²) in [6, 6.07) is 11.7. The Morgan fingerprint density at radius 2 is 1.88 bits per heavy atom. The first kappa shape index (κ1) is 22.5. The van der Waals surface area contributed by atoms with E-state index in [1.54, 1.807) is 25.1 Å². The summed E-state index contributed by atoms with van der Waals surface area (Å²) >= 11 is 0. The number of hydrogen-bond acceptors (Lipinski definition) is 8. The van der Waals surface area contributed by atoms with Crippen LogP contribution in [0.25, 0.3) is 11.0 Å². The molecule has 33 heavy (non-hydrogen) atoms. The third-order valence-corrected chi connectivity index (χ3v) is 6.08. The van der Waals surface area contributed by atoms with E-state index in [4.69, 9.17) is 19.0 Å². The smallest absolute Gasteiger partial charge is 0.344 e. The van der Waals surface area contributed by atoms with Gasteiger partial charge < -0.3 is 18.8 Å². The summed E-state index contributed by atoms with van der Waals surface area (Å²) in [4.78, 5) is 37.5. The predicted octanol–water partition coefficient (Wildman–Crippen LogP) is 1.34. The van der Waals surface area contributed by atoms with Gasteiger partial charge in [-0.15, -0.1) is 0 Å². The zero-order valence-corrected chi connectivity index (χ0v) is 18.3. The van der Waals surface area contributed by atoms with Gasteiger partial charge in [0.2, 0.25) is 10.0 Å². The Hall–Kier alpha value is -3.70. The number of rotatable bonds is 6. The van der Waals surface area contributed by atoms with Gasteiger partial charge in [0, 0.05) is 29.2 Å². The number of benzene rings is 2. The van der Waals surface area contributed by atoms with E-state index >= 15 is 0 Å². The highest BCUT2D eigenvalue weighted by molar-refractivity contribution is 7.89. The Morgan fingerprint density at radius 3 is 2.64 bits per heavy atom. The van der Waals surface area contributed by atoms with Crippen molar-refractivity contribution < 1.29 is 31.9 Å². The van der Waals surface area contributed by atoms with Crippen LogP contribution in [0.2, 0.25) is 0 Å². The van der Waals surface area contributed by atoms with Crippen LogP contribution in [-0.2, 0) is 30.8 Å². The molecule has 0 radical (unpaired) electrons. The van der Waals surface area contributed by atoms with Crippen LogP contribution >= 0.6 is 0 Å². The third-order valence-electron chi connectivity index (χ3n) is 5.17. The number of ether oxygens (including phenoxy) is 2. The van der Waals surface area contributed by atoms with E-state index in [0.717, 1.165) is 0 Å². The molecule has 3 aromatic rings. The van der Waals surface area contributed by atoms with E-state index in [2.05, 4.69) is 0 Å². The maximum Gasteiger partial charge on any atom is 0.344 e. The maximum absolute atomic E-state index is 12.7. The molecule has 1 aliphatic rings. The molecule has 172 valence electrons. The lowest BCUT2D eigenvalue weighted by molar-refractivity contribution is -0.149. The fourth-order valence-electron chi connectivity index (χ4n) is 3.69. The Morgan fingerprint density at radius 1 is 1.12 bits per heavy atom. The lowest BCUT2D eigenvalue weighted by atomic mass is 10.1. The molecular weight excluding hydrogens is 452 g/mol. The Kier molecular flexibility index (Phi) is 5.91. The number of esters is 1. The largest absolute Gasteiger partial charge is 0.482 e. The van der Waals surface area contributed by atoms with Gasteiger partial charge in [0.1, 0.15) is 11.3 Å². The number of nitrogens with zero attached hydrogens (tertiary/aromatic N) is 1. The van der Waals surface area contributed by atoms with Crippen molar-refractivity contribution in [1.82, 2.24) is 0 Å². The zero-order chi connectivity index (χ0) is 23.8. The molecule has 1 aliphatic heterocycles. The zero-order valence-electron chi connectivity index (χ0n) is 17.5.